The van der Waals surface area contributed by atoms with Crippen molar-refractivity contribution in [2.45, 2.75) is 13.5 Å². The Balaban J connectivity index is 2.18. The van der Waals surface area contributed by atoms with Crippen LogP contribution in [-0.4, -0.2) is 23.1 Å². The normalized spacial score (nSPS) is 10.2. The van der Waals surface area contributed by atoms with Crippen LogP contribution in [0, 0.1) is 6.92 Å². The van der Waals surface area contributed by atoms with Gasteiger partial charge in [0.15, 0.2) is 0 Å². The number of carbonyl (C=O) groups is 1. The van der Waals surface area contributed by atoms with Crippen molar-refractivity contribution in [1.82, 2.24) is 4.98 Å². The predicted octanol–water partition coefficient (Wildman–Crippen LogP) is 2.72. The van der Waals surface area contributed by atoms with Crippen molar-refractivity contribution >= 4 is 11.7 Å². The number of nitrogens with zero attached hydrogens (tertiary/aromatic N) is 2. The number of hydrogen-bond acceptors (Lipinski definition) is 3. The number of rotatable bonds is 4. The van der Waals surface area contributed by atoms with Gasteiger partial charge in [0.05, 0.1) is 5.56 Å². The van der Waals surface area contributed by atoms with Gasteiger partial charge in [-0.15, -0.1) is 0 Å². The van der Waals surface area contributed by atoms with E-state index < -0.39 is 5.97 Å². The Kier molecular flexibility index (Phi) is 3.80. The highest BCUT2D eigenvalue weighted by Gasteiger charge is 2.09. The highest BCUT2D eigenvalue weighted by atomic mass is 16.4. The van der Waals surface area contributed by atoms with Crippen LogP contribution in [0.4, 0.5) is 5.69 Å². The maximum absolute atomic E-state index is 11.0. The number of aromatic nitrogens is 1. The molecular formula is C15H16N2O2. The van der Waals surface area contributed by atoms with Gasteiger partial charge in [0.2, 0.25) is 0 Å². The number of carboxylic acids is 1. The molecule has 19 heavy (non-hydrogen) atoms. The molecule has 1 aromatic carbocycles. The highest BCUT2D eigenvalue weighted by molar-refractivity contribution is 5.89. The fourth-order valence-electron chi connectivity index (χ4n) is 1.98. The number of pyridine rings is 1. The predicted molar refractivity (Wildman–Crippen MR) is 74.5 cm³/mol. The first kappa shape index (κ1) is 13.1. The second-order valence-electron chi connectivity index (χ2n) is 4.52. The first-order valence-electron chi connectivity index (χ1n) is 6.02. The minimum atomic E-state index is -0.888. The minimum absolute atomic E-state index is 0.348. The van der Waals surface area contributed by atoms with Crippen LogP contribution in [0.3, 0.4) is 0 Å². The van der Waals surface area contributed by atoms with Gasteiger partial charge in [0.25, 0.3) is 0 Å². The molecule has 0 fully saturated rings. The van der Waals surface area contributed by atoms with Crippen LogP contribution in [0.25, 0.3) is 0 Å². The highest BCUT2D eigenvalue weighted by Crippen LogP contribution is 2.19. The van der Waals surface area contributed by atoms with E-state index in [1.165, 1.54) is 0 Å². The Labute approximate surface area is 112 Å². The number of aryl methyl sites for hydroxylation is 1. The van der Waals surface area contributed by atoms with Gasteiger partial charge in [-0.25, -0.2) is 4.79 Å². The van der Waals surface area contributed by atoms with E-state index in [1.807, 2.05) is 38.2 Å². The zero-order chi connectivity index (χ0) is 13.8. The molecule has 0 atom stereocenters. The molecule has 2 rings (SSSR count). The zero-order valence-electron chi connectivity index (χ0n) is 11.0. The minimum Gasteiger partial charge on any atom is -0.478 e. The van der Waals surface area contributed by atoms with Crippen LogP contribution in [0.2, 0.25) is 0 Å². The lowest BCUT2D eigenvalue weighted by molar-refractivity contribution is 0.0696. The third-order valence-electron chi connectivity index (χ3n) is 3.05. The fourth-order valence-corrected chi connectivity index (χ4v) is 1.98. The molecule has 0 saturated carbocycles. The van der Waals surface area contributed by atoms with E-state index in [0.717, 1.165) is 23.4 Å². The number of anilines is 1. The van der Waals surface area contributed by atoms with Crippen molar-refractivity contribution < 1.29 is 9.90 Å². The molecule has 98 valence electrons. The summed E-state index contributed by atoms with van der Waals surface area (Å²) in [6.07, 6.45) is 3.53. The molecule has 1 heterocycles. The maximum Gasteiger partial charge on any atom is 0.335 e. The lowest BCUT2D eigenvalue weighted by Crippen LogP contribution is -2.16. The summed E-state index contributed by atoms with van der Waals surface area (Å²) in [6, 6.07) is 9.31. The number of carboxylic acid groups (broad SMARTS) is 1. The summed E-state index contributed by atoms with van der Waals surface area (Å²) in [5.41, 5.74) is 3.28. The van der Waals surface area contributed by atoms with E-state index in [9.17, 15) is 4.79 Å². The third-order valence-corrected chi connectivity index (χ3v) is 3.05. The first-order valence-corrected chi connectivity index (χ1v) is 6.02. The fraction of sp³-hybridized carbons (Fsp3) is 0.200. The number of benzene rings is 1. The number of aromatic carboxylic acids is 1. The molecule has 0 aliphatic heterocycles. The quantitative estimate of drug-likeness (QED) is 0.913. The summed E-state index contributed by atoms with van der Waals surface area (Å²) in [5.74, 6) is -0.888. The maximum atomic E-state index is 11.0. The monoisotopic (exact) mass is 256 g/mol. The van der Waals surface area contributed by atoms with Crippen molar-refractivity contribution in [3.63, 3.8) is 0 Å². The Morgan fingerprint density at radius 1 is 1.26 bits per heavy atom. The van der Waals surface area contributed by atoms with E-state index >= 15 is 0 Å². The van der Waals surface area contributed by atoms with Gasteiger partial charge >= 0.3 is 5.97 Å². The van der Waals surface area contributed by atoms with Crippen LogP contribution < -0.4 is 4.90 Å². The summed E-state index contributed by atoms with van der Waals surface area (Å²) in [6.45, 7) is 2.57. The van der Waals surface area contributed by atoms with E-state index in [2.05, 4.69) is 9.88 Å². The summed E-state index contributed by atoms with van der Waals surface area (Å²) < 4.78 is 0. The molecule has 0 aliphatic rings. The molecule has 4 heteroatoms. The summed E-state index contributed by atoms with van der Waals surface area (Å²) in [4.78, 5) is 17.0. The smallest absolute Gasteiger partial charge is 0.335 e. The average molecular weight is 256 g/mol. The molecule has 1 aromatic heterocycles. The van der Waals surface area contributed by atoms with Gasteiger partial charge in [-0.2, -0.15) is 0 Å². The Morgan fingerprint density at radius 3 is 2.53 bits per heavy atom. The second-order valence-corrected chi connectivity index (χ2v) is 4.52. The molecule has 0 saturated heterocycles. The lowest BCUT2D eigenvalue weighted by atomic mass is 10.1. The molecule has 0 radical (unpaired) electrons. The van der Waals surface area contributed by atoms with Gasteiger partial charge in [-0.05, 0) is 48.4 Å². The van der Waals surface area contributed by atoms with Crippen molar-refractivity contribution in [3.8, 4) is 0 Å². The van der Waals surface area contributed by atoms with Crippen molar-refractivity contribution in [3.05, 3.63) is 59.4 Å². The number of hydrogen-bond donors (Lipinski definition) is 1. The van der Waals surface area contributed by atoms with E-state index in [1.54, 1.807) is 18.5 Å². The molecule has 1 N–H and O–H groups in total. The van der Waals surface area contributed by atoms with Crippen LogP contribution in [-0.2, 0) is 6.54 Å². The summed E-state index contributed by atoms with van der Waals surface area (Å²) in [5, 5.41) is 9.01. The Morgan fingerprint density at radius 2 is 1.95 bits per heavy atom. The zero-order valence-corrected chi connectivity index (χ0v) is 11.0. The molecule has 0 amide bonds. The van der Waals surface area contributed by atoms with Crippen molar-refractivity contribution in [1.29, 1.82) is 0 Å². The van der Waals surface area contributed by atoms with Gasteiger partial charge in [0, 0.05) is 31.7 Å². The lowest BCUT2D eigenvalue weighted by Gasteiger charge is -2.20. The van der Waals surface area contributed by atoms with E-state index in [4.69, 9.17) is 5.11 Å². The molecule has 0 unspecified atom stereocenters. The van der Waals surface area contributed by atoms with Crippen molar-refractivity contribution in [2.24, 2.45) is 0 Å². The van der Waals surface area contributed by atoms with Crippen LogP contribution >= 0.6 is 0 Å². The SMILES string of the molecule is Cc1cc(N(C)Cc2ccncc2)ccc1C(=O)O. The van der Waals surface area contributed by atoms with E-state index in [-0.39, 0.29) is 0 Å². The van der Waals surface area contributed by atoms with E-state index in [0.29, 0.717) is 5.56 Å². The topological polar surface area (TPSA) is 53.4 Å². The standard InChI is InChI=1S/C15H16N2O2/c1-11-9-13(3-4-14(11)15(18)19)17(2)10-12-5-7-16-8-6-12/h3-9H,10H2,1-2H3,(H,18,19). The van der Waals surface area contributed by atoms with Crippen molar-refractivity contribution in [2.75, 3.05) is 11.9 Å². The van der Waals surface area contributed by atoms with Gasteiger partial charge in [0.1, 0.15) is 0 Å². The molecule has 0 aliphatic carbocycles. The molecule has 0 spiro atoms. The Hall–Kier alpha value is -2.36. The van der Waals surface area contributed by atoms with Crippen LogP contribution in [0.15, 0.2) is 42.7 Å². The Bertz CT molecular complexity index is 582. The van der Waals surface area contributed by atoms with Crippen LogP contribution in [0.5, 0.6) is 0 Å². The summed E-state index contributed by atoms with van der Waals surface area (Å²) in [7, 11) is 1.98. The molecule has 2 aromatic rings. The van der Waals surface area contributed by atoms with Crippen LogP contribution in [0.1, 0.15) is 21.5 Å². The average Bonchev–Trinajstić information content (AvgIpc) is 2.39. The molecule has 4 nitrogen and oxygen atoms in total. The van der Waals surface area contributed by atoms with Gasteiger partial charge in [-0.1, -0.05) is 0 Å². The largest absolute Gasteiger partial charge is 0.478 e. The third kappa shape index (κ3) is 3.10. The molecule has 0 bridgehead atoms. The second kappa shape index (κ2) is 5.52. The first-order chi connectivity index (χ1) is 9.08. The molecular weight excluding hydrogens is 240 g/mol. The van der Waals surface area contributed by atoms with Gasteiger partial charge < -0.3 is 10.0 Å². The van der Waals surface area contributed by atoms with Gasteiger partial charge in [-0.3, -0.25) is 4.98 Å². The summed E-state index contributed by atoms with van der Waals surface area (Å²) >= 11 is 0.